The summed E-state index contributed by atoms with van der Waals surface area (Å²) in [7, 11) is -8.99. The van der Waals surface area contributed by atoms with Crippen molar-refractivity contribution in [2.45, 2.75) is 0 Å². The standard InChI is InChI=1S/CH4O6S2.Li.H/c1-8(2,3)7-9(4,5)6;;/h1H3,(H,4,5,6);;/q;+1;-1. The average Bonchev–Trinajstić information content (AvgIpc) is 1.14. The van der Waals surface area contributed by atoms with Crippen molar-refractivity contribution in [1.29, 1.82) is 0 Å². The molecule has 0 spiro atoms. The topological polar surface area (TPSA) is 97.7 Å². The van der Waals surface area contributed by atoms with E-state index in [1.165, 1.54) is 0 Å². The molecule has 1 N–H and O–H groups in total. The SMILES string of the molecule is CS(=O)(=O)OS(=O)(=O)O.[H-].[Li+]. The van der Waals surface area contributed by atoms with Crippen molar-refractivity contribution in [3.63, 3.8) is 0 Å². The molecule has 6 nitrogen and oxygen atoms in total. The zero-order valence-corrected chi connectivity index (χ0v) is 6.94. The Morgan fingerprint density at radius 2 is 1.60 bits per heavy atom. The fraction of sp³-hybridized carbons (Fsp3) is 1.00. The van der Waals surface area contributed by atoms with Crippen LogP contribution in [0.5, 0.6) is 0 Å². The molecule has 0 atom stereocenters. The van der Waals surface area contributed by atoms with E-state index in [0.717, 1.165) is 0 Å². The normalized spacial score (nSPS) is 12.2. The second-order valence-electron chi connectivity index (χ2n) is 1.20. The number of hydrogen-bond donors (Lipinski definition) is 1. The van der Waals surface area contributed by atoms with Gasteiger partial charge in [0, 0.05) is 0 Å². The molecule has 58 valence electrons. The molecule has 0 heterocycles. The Labute approximate surface area is 72.3 Å². The zero-order chi connectivity index (χ0) is 7.71. The molecule has 10 heavy (non-hydrogen) atoms. The predicted octanol–water partition coefficient (Wildman–Crippen LogP) is -4.12. The van der Waals surface area contributed by atoms with Gasteiger partial charge in [0.2, 0.25) is 0 Å². The minimum atomic E-state index is -4.87. The molecule has 0 bridgehead atoms. The summed E-state index contributed by atoms with van der Waals surface area (Å²) in [5, 5.41) is 0. The molecule has 0 saturated carbocycles. The average molecular weight is 184 g/mol. The van der Waals surface area contributed by atoms with Gasteiger partial charge in [0.15, 0.2) is 0 Å². The summed E-state index contributed by atoms with van der Waals surface area (Å²) in [6.07, 6.45) is 0.501. The Morgan fingerprint density at radius 3 is 1.60 bits per heavy atom. The molecule has 0 aromatic rings. The maximum absolute atomic E-state index is 9.89. The molecule has 0 aromatic carbocycles. The Morgan fingerprint density at radius 1 is 1.30 bits per heavy atom. The first kappa shape index (κ1) is 13.0. The summed E-state index contributed by atoms with van der Waals surface area (Å²) < 4.78 is 49.8. The van der Waals surface area contributed by atoms with Crippen LogP contribution in [0.2, 0.25) is 0 Å². The van der Waals surface area contributed by atoms with Crippen LogP contribution in [0.25, 0.3) is 0 Å². The molecule has 0 radical (unpaired) electrons. The number of rotatable bonds is 2. The van der Waals surface area contributed by atoms with Crippen LogP contribution in [0.15, 0.2) is 0 Å². The maximum Gasteiger partial charge on any atom is 1.00 e. The van der Waals surface area contributed by atoms with Crippen molar-refractivity contribution < 1.29 is 45.3 Å². The minimum absolute atomic E-state index is 0. The van der Waals surface area contributed by atoms with Crippen molar-refractivity contribution in [1.82, 2.24) is 0 Å². The molecule has 0 saturated heterocycles. The van der Waals surface area contributed by atoms with E-state index in [-0.39, 0.29) is 20.3 Å². The van der Waals surface area contributed by atoms with E-state index in [4.69, 9.17) is 4.55 Å². The van der Waals surface area contributed by atoms with E-state index >= 15 is 0 Å². The first-order valence-electron chi connectivity index (χ1n) is 1.59. The van der Waals surface area contributed by atoms with Crippen LogP contribution >= 0.6 is 0 Å². The van der Waals surface area contributed by atoms with Crippen LogP contribution in [-0.4, -0.2) is 27.6 Å². The summed E-state index contributed by atoms with van der Waals surface area (Å²) in [5.74, 6) is 0. The minimum Gasteiger partial charge on any atom is -1.00 e. The van der Waals surface area contributed by atoms with Crippen molar-refractivity contribution in [3.8, 4) is 0 Å². The maximum atomic E-state index is 9.89. The van der Waals surface area contributed by atoms with Crippen LogP contribution in [0.4, 0.5) is 0 Å². The molecule has 9 heteroatoms. The third-order valence-electron chi connectivity index (χ3n) is 0.210. The fourth-order valence-corrected chi connectivity index (χ4v) is 1.41. The molecule has 0 amide bonds. The van der Waals surface area contributed by atoms with Gasteiger partial charge in [0.05, 0.1) is 6.26 Å². The largest absolute Gasteiger partial charge is 1.00 e. The summed E-state index contributed by atoms with van der Waals surface area (Å²) in [6, 6.07) is 0. The fourth-order valence-electron chi connectivity index (χ4n) is 0.156. The van der Waals surface area contributed by atoms with E-state index in [2.05, 4.69) is 3.63 Å². The summed E-state index contributed by atoms with van der Waals surface area (Å²) in [4.78, 5) is 0. The molecule has 0 fully saturated rings. The van der Waals surface area contributed by atoms with Crippen LogP contribution in [0.3, 0.4) is 0 Å². The molecule has 0 aliphatic rings. The predicted molar refractivity (Wildman–Crippen MR) is 28.6 cm³/mol. The molecular weight excluding hydrogens is 179 g/mol. The summed E-state index contributed by atoms with van der Waals surface area (Å²) >= 11 is 0. The van der Waals surface area contributed by atoms with Crippen molar-refractivity contribution in [2.75, 3.05) is 6.26 Å². The molecule has 0 aliphatic heterocycles. The van der Waals surface area contributed by atoms with Crippen molar-refractivity contribution in [3.05, 3.63) is 0 Å². The van der Waals surface area contributed by atoms with E-state index in [0.29, 0.717) is 6.26 Å². The Balaban J connectivity index is -0.000000320. The van der Waals surface area contributed by atoms with Gasteiger partial charge in [-0.2, -0.15) is 16.8 Å². The van der Waals surface area contributed by atoms with Gasteiger partial charge in [-0.25, -0.2) is 0 Å². The second-order valence-corrected chi connectivity index (χ2v) is 4.01. The molecular formula is CH5LiO6S2. The van der Waals surface area contributed by atoms with Crippen LogP contribution in [0, 0.1) is 0 Å². The zero-order valence-electron chi connectivity index (χ0n) is 6.30. The first-order valence-corrected chi connectivity index (χ1v) is 4.77. The van der Waals surface area contributed by atoms with E-state index in [1.807, 2.05) is 0 Å². The van der Waals surface area contributed by atoms with Gasteiger partial charge in [-0.3, -0.25) is 4.55 Å². The van der Waals surface area contributed by atoms with Crippen LogP contribution < -0.4 is 18.9 Å². The number of hydrogen-bond acceptors (Lipinski definition) is 5. The van der Waals surface area contributed by atoms with Gasteiger partial charge in [0.25, 0.3) is 10.1 Å². The van der Waals surface area contributed by atoms with Gasteiger partial charge in [0.1, 0.15) is 0 Å². The Kier molecular flexibility index (Phi) is 4.83. The molecule has 0 aliphatic carbocycles. The van der Waals surface area contributed by atoms with Gasteiger partial charge >= 0.3 is 29.3 Å². The molecule has 0 rings (SSSR count). The van der Waals surface area contributed by atoms with Gasteiger partial charge in [-0.15, -0.1) is 3.63 Å². The van der Waals surface area contributed by atoms with Gasteiger partial charge in [-0.1, -0.05) is 0 Å². The van der Waals surface area contributed by atoms with Crippen LogP contribution in [-0.2, 0) is 24.1 Å². The third-order valence-corrected chi connectivity index (χ3v) is 1.89. The monoisotopic (exact) mass is 184 g/mol. The van der Waals surface area contributed by atoms with E-state index < -0.39 is 20.5 Å². The first-order chi connectivity index (χ1) is 3.71. The quantitative estimate of drug-likeness (QED) is 0.346. The van der Waals surface area contributed by atoms with E-state index in [1.54, 1.807) is 0 Å². The van der Waals surface area contributed by atoms with Crippen LogP contribution in [0.1, 0.15) is 1.43 Å². The summed E-state index contributed by atoms with van der Waals surface area (Å²) in [6.45, 7) is 0. The summed E-state index contributed by atoms with van der Waals surface area (Å²) in [5.41, 5.74) is 0. The van der Waals surface area contributed by atoms with Gasteiger partial charge in [-0.05, 0) is 0 Å². The van der Waals surface area contributed by atoms with Gasteiger partial charge < -0.3 is 1.43 Å². The third kappa shape index (κ3) is 11.2. The second kappa shape index (κ2) is 3.71. The van der Waals surface area contributed by atoms with E-state index in [9.17, 15) is 16.8 Å². The molecule has 0 unspecified atom stereocenters. The van der Waals surface area contributed by atoms with Crippen molar-refractivity contribution in [2.24, 2.45) is 0 Å². The molecule has 0 aromatic heterocycles. The van der Waals surface area contributed by atoms with Crippen molar-refractivity contribution >= 4 is 20.5 Å². The Hall–Kier alpha value is 0.417. The smallest absolute Gasteiger partial charge is 1.00 e. The Bertz CT molecular complexity index is 246.